The minimum atomic E-state index is -0.754. The molecular formula is C9H12BrClFNO. The number of rotatable bonds is 2. The SMILES string of the molecule is C[C@@H](O)[C@@H](N)c1ccc(Br)cc1F.Cl. The molecule has 0 saturated carbocycles. The van der Waals surface area contributed by atoms with Crippen LogP contribution in [0.3, 0.4) is 0 Å². The standard InChI is InChI=1S/C9H11BrFNO.ClH/c1-5(13)9(12)7-3-2-6(10)4-8(7)11;/h2-5,9,13H,12H2,1H3;1H/t5-,9-;/m1./s1. The Morgan fingerprint density at radius 3 is 2.50 bits per heavy atom. The number of hydrogen-bond donors (Lipinski definition) is 2. The molecule has 5 heteroatoms. The Morgan fingerprint density at radius 1 is 1.50 bits per heavy atom. The second-order valence-corrected chi connectivity index (χ2v) is 3.85. The predicted octanol–water partition coefficient (Wildman–Crippen LogP) is 2.39. The van der Waals surface area contributed by atoms with E-state index in [1.165, 1.54) is 13.0 Å². The maximum absolute atomic E-state index is 13.2. The molecule has 0 radical (unpaired) electrons. The van der Waals surface area contributed by atoms with Gasteiger partial charge < -0.3 is 10.8 Å². The number of nitrogens with two attached hydrogens (primary N) is 1. The molecule has 80 valence electrons. The van der Waals surface area contributed by atoms with Gasteiger partial charge in [0, 0.05) is 10.0 Å². The largest absolute Gasteiger partial charge is 0.391 e. The lowest BCUT2D eigenvalue weighted by atomic mass is 10.0. The predicted molar refractivity (Wildman–Crippen MR) is 60.0 cm³/mol. The number of halogens is 3. The van der Waals surface area contributed by atoms with Crippen molar-refractivity contribution < 1.29 is 9.50 Å². The van der Waals surface area contributed by atoms with E-state index in [1.807, 2.05) is 0 Å². The molecule has 0 aromatic heterocycles. The summed E-state index contributed by atoms with van der Waals surface area (Å²) in [6.07, 6.45) is -0.754. The third kappa shape index (κ3) is 3.20. The fraction of sp³-hybridized carbons (Fsp3) is 0.333. The quantitative estimate of drug-likeness (QED) is 0.876. The highest BCUT2D eigenvalue weighted by molar-refractivity contribution is 9.10. The normalized spacial score (nSPS) is 14.4. The second kappa shape index (κ2) is 5.66. The second-order valence-electron chi connectivity index (χ2n) is 2.93. The molecule has 0 bridgehead atoms. The van der Waals surface area contributed by atoms with Gasteiger partial charge >= 0.3 is 0 Å². The van der Waals surface area contributed by atoms with E-state index in [0.717, 1.165) is 0 Å². The van der Waals surface area contributed by atoms with Crippen molar-refractivity contribution in [3.05, 3.63) is 34.1 Å². The van der Waals surface area contributed by atoms with Crippen molar-refractivity contribution in [3.8, 4) is 0 Å². The van der Waals surface area contributed by atoms with Gasteiger partial charge in [-0.15, -0.1) is 12.4 Å². The summed E-state index contributed by atoms with van der Waals surface area (Å²) >= 11 is 3.14. The first kappa shape index (κ1) is 13.8. The molecule has 0 spiro atoms. The third-order valence-electron chi connectivity index (χ3n) is 1.84. The zero-order valence-corrected chi connectivity index (χ0v) is 9.98. The molecule has 2 atom stereocenters. The highest BCUT2D eigenvalue weighted by Gasteiger charge is 2.15. The third-order valence-corrected chi connectivity index (χ3v) is 2.33. The van der Waals surface area contributed by atoms with Crippen LogP contribution in [0.25, 0.3) is 0 Å². The van der Waals surface area contributed by atoms with Crippen LogP contribution in [0.1, 0.15) is 18.5 Å². The molecule has 0 heterocycles. The van der Waals surface area contributed by atoms with Gasteiger partial charge in [-0.2, -0.15) is 0 Å². The van der Waals surface area contributed by atoms with E-state index < -0.39 is 18.0 Å². The van der Waals surface area contributed by atoms with Crippen LogP contribution in [0.4, 0.5) is 4.39 Å². The maximum Gasteiger partial charge on any atom is 0.129 e. The fourth-order valence-corrected chi connectivity index (χ4v) is 1.36. The van der Waals surface area contributed by atoms with Crippen LogP contribution < -0.4 is 5.73 Å². The van der Waals surface area contributed by atoms with Gasteiger partial charge in [-0.1, -0.05) is 22.0 Å². The smallest absolute Gasteiger partial charge is 0.129 e. The van der Waals surface area contributed by atoms with Crippen LogP contribution in [0.5, 0.6) is 0 Å². The van der Waals surface area contributed by atoms with E-state index in [-0.39, 0.29) is 12.4 Å². The number of aliphatic hydroxyl groups is 1. The van der Waals surface area contributed by atoms with Crippen molar-refractivity contribution in [1.82, 2.24) is 0 Å². The van der Waals surface area contributed by atoms with Gasteiger partial charge in [-0.05, 0) is 19.1 Å². The summed E-state index contributed by atoms with van der Waals surface area (Å²) in [4.78, 5) is 0. The topological polar surface area (TPSA) is 46.2 Å². The van der Waals surface area contributed by atoms with E-state index in [9.17, 15) is 4.39 Å². The summed E-state index contributed by atoms with van der Waals surface area (Å²) in [7, 11) is 0. The van der Waals surface area contributed by atoms with Crippen LogP contribution in [-0.2, 0) is 0 Å². The molecule has 2 nitrogen and oxygen atoms in total. The highest BCUT2D eigenvalue weighted by atomic mass is 79.9. The molecule has 0 aliphatic heterocycles. The van der Waals surface area contributed by atoms with E-state index in [2.05, 4.69) is 15.9 Å². The van der Waals surface area contributed by atoms with Crippen LogP contribution >= 0.6 is 28.3 Å². The molecule has 0 fully saturated rings. The van der Waals surface area contributed by atoms with Crippen molar-refractivity contribution in [3.63, 3.8) is 0 Å². The van der Waals surface area contributed by atoms with Gasteiger partial charge in [0.25, 0.3) is 0 Å². The summed E-state index contributed by atoms with van der Waals surface area (Å²) in [5.74, 6) is -0.400. The first-order chi connectivity index (χ1) is 6.02. The van der Waals surface area contributed by atoms with Gasteiger partial charge in [-0.3, -0.25) is 0 Å². The average Bonchev–Trinajstić information content (AvgIpc) is 2.03. The van der Waals surface area contributed by atoms with Gasteiger partial charge in [0.15, 0.2) is 0 Å². The molecule has 0 saturated heterocycles. The molecule has 0 amide bonds. The molecule has 3 N–H and O–H groups in total. The lowest BCUT2D eigenvalue weighted by Crippen LogP contribution is -2.24. The van der Waals surface area contributed by atoms with Crippen LogP contribution in [-0.4, -0.2) is 11.2 Å². The Morgan fingerprint density at radius 2 is 2.07 bits per heavy atom. The van der Waals surface area contributed by atoms with E-state index in [1.54, 1.807) is 12.1 Å². The van der Waals surface area contributed by atoms with Gasteiger partial charge in [0.1, 0.15) is 5.82 Å². The number of benzene rings is 1. The Balaban J connectivity index is 0.00000169. The molecule has 1 rings (SSSR count). The maximum atomic E-state index is 13.2. The Labute approximate surface area is 96.8 Å². The van der Waals surface area contributed by atoms with Crippen molar-refractivity contribution in [1.29, 1.82) is 0 Å². The molecular weight excluding hydrogens is 272 g/mol. The van der Waals surface area contributed by atoms with E-state index >= 15 is 0 Å². The number of aliphatic hydroxyl groups excluding tert-OH is 1. The average molecular weight is 285 g/mol. The summed E-state index contributed by atoms with van der Waals surface area (Å²) in [6, 6.07) is 3.92. The zero-order chi connectivity index (χ0) is 10.0. The molecule has 14 heavy (non-hydrogen) atoms. The lowest BCUT2D eigenvalue weighted by molar-refractivity contribution is 0.162. The molecule has 0 unspecified atom stereocenters. The summed E-state index contributed by atoms with van der Waals surface area (Å²) in [5, 5.41) is 9.16. The number of hydrogen-bond acceptors (Lipinski definition) is 2. The first-order valence-electron chi connectivity index (χ1n) is 3.91. The Kier molecular flexibility index (Phi) is 5.59. The minimum absolute atomic E-state index is 0. The molecule has 0 aliphatic rings. The van der Waals surface area contributed by atoms with Crippen LogP contribution in [0, 0.1) is 5.82 Å². The fourth-order valence-electron chi connectivity index (χ4n) is 1.03. The van der Waals surface area contributed by atoms with Crippen molar-refractivity contribution in [2.45, 2.75) is 19.1 Å². The monoisotopic (exact) mass is 283 g/mol. The van der Waals surface area contributed by atoms with Crippen molar-refractivity contribution >= 4 is 28.3 Å². The zero-order valence-electron chi connectivity index (χ0n) is 7.58. The molecule has 1 aromatic carbocycles. The highest BCUT2D eigenvalue weighted by Crippen LogP contribution is 2.21. The van der Waals surface area contributed by atoms with Gasteiger partial charge in [0.05, 0.1) is 12.1 Å². The lowest BCUT2D eigenvalue weighted by Gasteiger charge is -2.15. The molecule has 0 aliphatic carbocycles. The minimum Gasteiger partial charge on any atom is -0.391 e. The Bertz CT molecular complexity index is 309. The Hall–Kier alpha value is -0.160. The van der Waals surface area contributed by atoms with Crippen molar-refractivity contribution in [2.75, 3.05) is 0 Å². The van der Waals surface area contributed by atoms with E-state index in [0.29, 0.717) is 10.0 Å². The summed E-state index contributed by atoms with van der Waals surface area (Å²) in [6.45, 7) is 1.53. The summed E-state index contributed by atoms with van der Waals surface area (Å²) in [5.41, 5.74) is 5.92. The van der Waals surface area contributed by atoms with E-state index in [4.69, 9.17) is 10.8 Å². The molecule has 1 aromatic rings. The van der Waals surface area contributed by atoms with Gasteiger partial charge in [0.2, 0.25) is 0 Å². The summed E-state index contributed by atoms with van der Waals surface area (Å²) < 4.78 is 13.9. The first-order valence-corrected chi connectivity index (χ1v) is 4.70. The van der Waals surface area contributed by atoms with Crippen LogP contribution in [0.15, 0.2) is 22.7 Å². The van der Waals surface area contributed by atoms with Gasteiger partial charge in [-0.25, -0.2) is 4.39 Å². The van der Waals surface area contributed by atoms with Crippen molar-refractivity contribution in [2.24, 2.45) is 5.73 Å². The van der Waals surface area contributed by atoms with Crippen LogP contribution in [0.2, 0.25) is 0 Å².